The van der Waals surface area contributed by atoms with Gasteiger partial charge in [0.05, 0.1) is 16.7 Å². The van der Waals surface area contributed by atoms with Gasteiger partial charge in [0.25, 0.3) is 0 Å². The molecule has 0 atom stereocenters. The molecule has 0 spiro atoms. The van der Waals surface area contributed by atoms with Crippen LogP contribution in [0.2, 0.25) is 5.02 Å². The number of nitrogens with one attached hydrogen (secondary N) is 1. The highest BCUT2D eigenvalue weighted by molar-refractivity contribution is 6.31. The molecule has 86 valence electrons. The molecule has 1 heterocycles. The summed E-state index contributed by atoms with van der Waals surface area (Å²) in [5.74, 6) is -0.311. The second-order valence-electron chi connectivity index (χ2n) is 3.94. The van der Waals surface area contributed by atoms with Crippen LogP contribution in [0.4, 0.5) is 4.39 Å². The van der Waals surface area contributed by atoms with Gasteiger partial charge in [0.15, 0.2) is 0 Å². The van der Waals surface area contributed by atoms with Gasteiger partial charge < -0.3 is 0 Å². The van der Waals surface area contributed by atoms with E-state index in [1.54, 1.807) is 12.3 Å². The lowest BCUT2D eigenvalue weighted by Gasteiger charge is -2.06. The predicted molar refractivity (Wildman–Crippen MR) is 64.3 cm³/mol. The molecule has 4 heteroatoms. The summed E-state index contributed by atoms with van der Waals surface area (Å²) >= 11 is 5.85. The molecule has 0 aliphatic rings. The summed E-state index contributed by atoms with van der Waals surface area (Å²) in [6, 6.07) is 1.61. The van der Waals surface area contributed by atoms with Crippen LogP contribution in [0.25, 0.3) is 10.9 Å². The maximum Gasteiger partial charge on any atom is 0.147 e. The van der Waals surface area contributed by atoms with Gasteiger partial charge in [-0.3, -0.25) is 5.10 Å². The van der Waals surface area contributed by atoms with Crippen LogP contribution < -0.4 is 0 Å². The van der Waals surface area contributed by atoms with E-state index in [4.69, 9.17) is 11.6 Å². The smallest absolute Gasteiger partial charge is 0.147 e. The third kappa shape index (κ3) is 2.05. The van der Waals surface area contributed by atoms with E-state index in [-0.39, 0.29) is 10.8 Å². The Morgan fingerprint density at radius 2 is 2.25 bits per heavy atom. The number of hydrogen-bond donors (Lipinski definition) is 1. The Labute approximate surface area is 98.8 Å². The fourth-order valence-corrected chi connectivity index (χ4v) is 2.12. The zero-order valence-corrected chi connectivity index (χ0v) is 9.94. The number of nitrogens with zero attached hydrogens (tertiary/aromatic N) is 1. The number of hydrogen-bond acceptors (Lipinski definition) is 1. The number of benzene rings is 1. The van der Waals surface area contributed by atoms with Crippen LogP contribution in [0, 0.1) is 5.82 Å². The maximum absolute atomic E-state index is 13.9. The lowest BCUT2D eigenvalue weighted by molar-refractivity contribution is 0.602. The first-order valence-corrected chi connectivity index (χ1v) is 5.91. The standard InChI is InChI=1S/C12H14ClFN2/c1-2-3-4-5-9-11(14)10(13)6-8-7-15-16-12(8)9/h6-7H,2-5H2,1H3,(H,15,16). The molecular formula is C12H14ClFN2. The van der Waals surface area contributed by atoms with E-state index in [1.807, 2.05) is 0 Å². The van der Waals surface area contributed by atoms with Gasteiger partial charge in [-0.15, -0.1) is 0 Å². The van der Waals surface area contributed by atoms with Crippen LogP contribution in [0.15, 0.2) is 12.3 Å². The predicted octanol–water partition coefficient (Wildman–Crippen LogP) is 4.09. The molecule has 0 unspecified atom stereocenters. The van der Waals surface area contributed by atoms with Gasteiger partial charge in [-0.2, -0.15) is 5.10 Å². The minimum absolute atomic E-state index is 0.181. The third-order valence-corrected chi connectivity index (χ3v) is 3.03. The normalized spacial score (nSPS) is 11.2. The first-order valence-electron chi connectivity index (χ1n) is 5.54. The van der Waals surface area contributed by atoms with Crippen molar-refractivity contribution in [3.05, 3.63) is 28.7 Å². The SMILES string of the molecule is CCCCCc1c(F)c(Cl)cc2cn[nH]c12. The van der Waals surface area contributed by atoms with Crippen LogP contribution in [-0.2, 0) is 6.42 Å². The zero-order valence-electron chi connectivity index (χ0n) is 9.19. The van der Waals surface area contributed by atoms with Crippen molar-refractivity contribution in [1.82, 2.24) is 10.2 Å². The molecule has 2 rings (SSSR count). The molecule has 0 bridgehead atoms. The van der Waals surface area contributed by atoms with E-state index < -0.39 is 0 Å². The zero-order chi connectivity index (χ0) is 11.5. The third-order valence-electron chi connectivity index (χ3n) is 2.76. The highest BCUT2D eigenvalue weighted by Crippen LogP contribution is 2.27. The number of fused-ring (bicyclic) bond motifs is 1. The van der Waals surface area contributed by atoms with Gasteiger partial charge in [-0.1, -0.05) is 31.4 Å². The van der Waals surface area contributed by atoms with E-state index in [2.05, 4.69) is 17.1 Å². The molecule has 0 saturated carbocycles. The topological polar surface area (TPSA) is 28.7 Å². The summed E-state index contributed by atoms with van der Waals surface area (Å²) in [5, 5.41) is 7.81. The fourth-order valence-electron chi connectivity index (χ4n) is 1.89. The Balaban J connectivity index is 2.39. The molecule has 2 aromatic rings. The van der Waals surface area contributed by atoms with Crippen molar-refractivity contribution in [2.75, 3.05) is 0 Å². The van der Waals surface area contributed by atoms with Crippen molar-refractivity contribution in [3.63, 3.8) is 0 Å². The average Bonchev–Trinajstić information content (AvgIpc) is 2.71. The van der Waals surface area contributed by atoms with E-state index in [1.165, 1.54) is 0 Å². The molecular weight excluding hydrogens is 227 g/mol. The molecule has 0 aliphatic heterocycles. The van der Waals surface area contributed by atoms with Crippen molar-refractivity contribution in [3.8, 4) is 0 Å². The van der Waals surface area contributed by atoms with E-state index in [9.17, 15) is 4.39 Å². The molecule has 0 radical (unpaired) electrons. The van der Waals surface area contributed by atoms with Crippen LogP contribution in [0.1, 0.15) is 31.7 Å². The molecule has 1 N–H and O–H groups in total. The molecule has 1 aromatic heterocycles. The first-order chi connectivity index (χ1) is 7.74. The highest BCUT2D eigenvalue weighted by Gasteiger charge is 2.13. The molecule has 0 amide bonds. The Morgan fingerprint density at radius 3 is 3.00 bits per heavy atom. The lowest BCUT2D eigenvalue weighted by Crippen LogP contribution is -1.94. The lowest BCUT2D eigenvalue weighted by atomic mass is 10.0. The van der Waals surface area contributed by atoms with Gasteiger partial charge >= 0.3 is 0 Å². The molecule has 1 aromatic carbocycles. The highest BCUT2D eigenvalue weighted by atomic mass is 35.5. The Hall–Kier alpha value is -1.09. The second-order valence-corrected chi connectivity index (χ2v) is 4.35. The first kappa shape index (κ1) is 11.4. The van der Waals surface area contributed by atoms with Crippen molar-refractivity contribution in [2.24, 2.45) is 0 Å². The summed E-state index contributed by atoms with van der Waals surface area (Å²) in [4.78, 5) is 0. The van der Waals surface area contributed by atoms with Crippen molar-refractivity contribution in [2.45, 2.75) is 32.6 Å². The average molecular weight is 241 g/mol. The van der Waals surface area contributed by atoms with Gasteiger partial charge in [-0.05, 0) is 18.9 Å². The van der Waals surface area contributed by atoms with Gasteiger partial charge in [0, 0.05) is 10.9 Å². The summed E-state index contributed by atoms with van der Waals surface area (Å²) < 4.78 is 13.9. The largest absolute Gasteiger partial charge is 0.277 e. The van der Waals surface area contributed by atoms with Crippen molar-refractivity contribution in [1.29, 1.82) is 0 Å². The number of halogens is 2. The van der Waals surface area contributed by atoms with Crippen molar-refractivity contribution < 1.29 is 4.39 Å². The minimum Gasteiger partial charge on any atom is -0.277 e. The Bertz CT molecular complexity index is 493. The number of aryl methyl sites for hydroxylation is 1. The van der Waals surface area contributed by atoms with Gasteiger partial charge in [-0.25, -0.2) is 4.39 Å². The number of H-pyrrole nitrogens is 1. The van der Waals surface area contributed by atoms with E-state index >= 15 is 0 Å². The number of aromatic amines is 1. The molecule has 0 saturated heterocycles. The summed E-state index contributed by atoms with van der Waals surface area (Å²) in [5.41, 5.74) is 1.44. The summed E-state index contributed by atoms with van der Waals surface area (Å²) in [6.07, 6.45) is 5.57. The Morgan fingerprint density at radius 1 is 1.44 bits per heavy atom. The Kier molecular flexibility index (Phi) is 3.44. The van der Waals surface area contributed by atoms with E-state index in [0.29, 0.717) is 12.0 Å². The number of unbranched alkanes of at least 4 members (excludes halogenated alkanes) is 2. The van der Waals surface area contributed by atoms with E-state index in [0.717, 1.165) is 30.2 Å². The fraction of sp³-hybridized carbons (Fsp3) is 0.417. The van der Waals surface area contributed by atoms with Gasteiger partial charge in [0.2, 0.25) is 0 Å². The summed E-state index contributed by atoms with van der Waals surface area (Å²) in [6.45, 7) is 2.13. The maximum atomic E-state index is 13.9. The van der Waals surface area contributed by atoms with Crippen LogP contribution in [0.3, 0.4) is 0 Å². The molecule has 0 fully saturated rings. The minimum atomic E-state index is -0.311. The van der Waals surface area contributed by atoms with Gasteiger partial charge in [0.1, 0.15) is 5.82 Å². The van der Waals surface area contributed by atoms with Crippen molar-refractivity contribution >= 4 is 22.5 Å². The quantitative estimate of drug-likeness (QED) is 0.802. The molecule has 16 heavy (non-hydrogen) atoms. The molecule has 0 aliphatic carbocycles. The summed E-state index contributed by atoms with van der Waals surface area (Å²) in [7, 11) is 0. The monoisotopic (exact) mass is 240 g/mol. The van der Waals surface area contributed by atoms with Crippen LogP contribution >= 0.6 is 11.6 Å². The molecule has 2 nitrogen and oxygen atoms in total. The van der Waals surface area contributed by atoms with Crippen LogP contribution in [-0.4, -0.2) is 10.2 Å². The number of rotatable bonds is 4. The second kappa shape index (κ2) is 4.83. The number of aromatic nitrogens is 2. The van der Waals surface area contributed by atoms with Crippen LogP contribution in [0.5, 0.6) is 0 Å².